The van der Waals surface area contributed by atoms with Gasteiger partial charge in [0.15, 0.2) is 0 Å². The van der Waals surface area contributed by atoms with Crippen molar-refractivity contribution < 1.29 is 4.79 Å². The first-order valence-corrected chi connectivity index (χ1v) is 6.44. The minimum Gasteiger partial charge on any atom is -0.347 e. The summed E-state index contributed by atoms with van der Waals surface area (Å²) in [7, 11) is 0. The lowest BCUT2D eigenvalue weighted by Gasteiger charge is -2.19. The summed E-state index contributed by atoms with van der Waals surface area (Å²) in [5, 5.41) is 7.19. The molecule has 0 spiro atoms. The Labute approximate surface area is 107 Å². The lowest BCUT2D eigenvalue weighted by Crippen LogP contribution is -2.40. The van der Waals surface area contributed by atoms with E-state index in [2.05, 4.69) is 10.4 Å². The predicted molar refractivity (Wildman–Crippen MR) is 69.5 cm³/mol. The smallest absolute Gasteiger partial charge is 0.269 e. The molecule has 1 aromatic rings. The van der Waals surface area contributed by atoms with Gasteiger partial charge in [0.1, 0.15) is 5.69 Å². The first-order chi connectivity index (χ1) is 7.99. The van der Waals surface area contributed by atoms with Gasteiger partial charge in [0.2, 0.25) is 0 Å². The molecular weight excluding hydrogens is 238 g/mol. The van der Waals surface area contributed by atoms with Crippen molar-refractivity contribution in [2.45, 2.75) is 40.3 Å². The summed E-state index contributed by atoms with van der Waals surface area (Å²) in [5.74, 6) is 0.630. The van der Waals surface area contributed by atoms with Gasteiger partial charge in [0, 0.05) is 18.5 Å². The Morgan fingerprint density at radius 3 is 2.71 bits per heavy atom. The monoisotopic (exact) mass is 257 g/mol. The molecule has 0 saturated heterocycles. The minimum absolute atomic E-state index is 0.00956. The SMILES string of the molecule is CCn1nc(C)cc1C(=O)NC(CCl)C(C)C. The first kappa shape index (κ1) is 14.0. The van der Waals surface area contributed by atoms with E-state index in [1.54, 1.807) is 10.7 Å². The van der Waals surface area contributed by atoms with Gasteiger partial charge in [0.05, 0.1) is 5.69 Å². The zero-order chi connectivity index (χ0) is 13.0. The Hall–Kier alpha value is -1.03. The van der Waals surface area contributed by atoms with Gasteiger partial charge < -0.3 is 5.32 Å². The molecule has 1 heterocycles. The summed E-state index contributed by atoms with van der Waals surface area (Å²) >= 11 is 5.84. The molecule has 0 fully saturated rings. The molecule has 96 valence electrons. The van der Waals surface area contributed by atoms with Crippen molar-refractivity contribution in [3.05, 3.63) is 17.5 Å². The second-order valence-electron chi connectivity index (χ2n) is 4.46. The van der Waals surface area contributed by atoms with Crippen LogP contribution in [0.5, 0.6) is 0 Å². The molecule has 1 atom stereocenters. The van der Waals surface area contributed by atoms with E-state index in [0.29, 0.717) is 24.0 Å². The number of aryl methyl sites for hydroxylation is 2. The summed E-state index contributed by atoms with van der Waals surface area (Å²) < 4.78 is 1.70. The number of nitrogens with zero attached hydrogens (tertiary/aromatic N) is 2. The predicted octanol–water partition coefficient (Wildman–Crippen LogP) is 2.20. The maximum atomic E-state index is 12.1. The highest BCUT2D eigenvalue weighted by molar-refractivity contribution is 6.18. The summed E-state index contributed by atoms with van der Waals surface area (Å²) in [6.07, 6.45) is 0. The second-order valence-corrected chi connectivity index (χ2v) is 4.77. The minimum atomic E-state index is -0.105. The average Bonchev–Trinajstić information content (AvgIpc) is 2.66. The molecule has 1 unspecified atom stereocenters. The largest absolute Gasteiger partial charge is 0.347 e. The van der Waals surface area contributed by atoms with Gasteiger partial charge in [-0.2, -0.15) is 5.10 Å². The van der Waals surface area contributed by atoms with Gasteiger partial charge >= 0.3 is 0 Å². The van der Waals surface area contributed by atoms with Crippen LogP contribution in [-0.4, -0.2) is 27.6 Å². The highest BCUT2D eigenvalue weighted by Gasteiger charge is 2.19. The number of rotatable bonds is 5. The molecule has 0 saturated carbocycles. The van der Waals surface area contributed by atoms with E-state index in [1.807, 2.05) is 27.7 Å². The number of carbonyl (C=O) groups excluding carboxylic acids is 1. The molecule has 0 aromatic carbocycles. The van der Waals surface area contributed by atoms with Crippen LogP contribution in [0.4, 0.5) is 0 Å². The van der Waals surface area contributed by atoms with Crippen LogP contribution in [0.25, 0.3) is 0 Å². The average molecular weight is 258 g/mol. The Bertz CT molecular complexity index is 387. The van der Waals surface area contributed by atoms with Gasteiger partial charge in [-0.25, -0.2) is 0 Å². The van der Waals surface area contributed by atoms with Crippen LogP contribution in [0, 0.1) is 12.8 Å². The second kappa shape index (κ2) is 6.05. The fraction of sp³-hybridized carbons (Fsp3) is 0.667. The zero-order valence-corrected chi connectivity index (χ0v) is 11.6. The van der Waals surface area contributed by atoms with E-state index < -0.39 is 0 Å². The van der Waals surface area contributed by atoms with Crippen LogP contribution in [0.1, 0.15) is 37.0 Å². The van der Waals surface area contributed by atoms with Gasteiger partial charge in [-0.05, 0) is 25.8 Å². The quantitative estimate of drug-likeness (QED) is 0.822. The van der Waals surface area contributed by atoms with Gasteiger partial charge in [-0.15, -0.1) is 11.6 Å². The van der Waals surface area contributed by atoms with Crippen LogP contribution in [0.2, 0.25) is 0 Å². The van der Waals surface area contributed by atoms with E-state index in [0.717, 1.165) is 5.69 Å². The van der Waals surface area contributed by atoms with Crippen LogP contribution in [-0.2, 0) is 6.54 Å². The Balaban J connectivity index is 2.81. The standard InChI is InChI=1S/C12H20ClN3O/c1-5-16-11(6-9(4)15-16)12(17)14-10(7-13)8(2)3/h6,8,10H,5,7H2,1-4H3,(H,14,17). The maximum Gasteiger partial charge on any atom is 0.269 e. The molecule has 0 bridgehead atoms. The van der Waals surface area contributed by atoms with E-state index in [1.165, 1.54) is 0 Å². The van der Waals surface area contributed by atoms with Crippen molar-refractivity contribution in [3.63, 3.8) is 0 Å². The number of carbonyl (C=O) groups is 1. The normalized spacial score (nSPS) is 12.8. The summed E-state index contributed by atoms with van der Waals surface area (Å²) in [6, 6.07) is 1.79. The van der Waals surface area contributed by atoms with Crippen molar-refractivity contribution in [2.24, 2.45) is 5.92 Å². The molecule has 4 nitrogen and oxygen atoms in total. The fourth-order valence-corrected chi connectivity index (χ4v) is 2.03. The van der Waals surface area contributed by atoms with Crippen molar-refractivity contribution in [2.75, 3.05) is 5.88 Å². The molecule has 1 amide bonds. The summed E-state index contributed by atoms with van der Waals surface area (Å²) in [4.78, 5) is 12.1. The van der Waals surface area contributed by atoms with Gasteiger partial charge in [0.25, 0.3) is 5.91 Å². The van der Waals surface area contributed by atoms with Crippen LogP contribution in [0.3, 0.4) is 0 Å². The van der Waals surface area contributed by atoms with Crippen LogP contribution in [0.15, 0.2) is 6.07 Å². The lowest BCUT2D eigenvalue weighted by molar-refractivity contribution is 0.0920. The first-order valence-electron chi connectivity index (χ1n) is 5.90. The van der Waals surface area contributed by atoms with E-state index in [-0.39, 0.29) is 11.9 Å². The molecule has 0 aliphatic carbocycles. The number of aromatic nitrogens is 2. The number of amides is 1. The molecular formula is C12H20ClN3O. The molecule has 17 heavy (non-hydrogen) atoms. The Morgan fingerprint density at radius 1 is 1.59 bits per heavy atom. The topological polar surface area (TPSA) is 46.9 Å². The van der Waals surface area contributed by atoms with E-state index in [4.69, 9.17) is 11.6 Å². The number of alkyl halides is 1. The summed E-state index contributed by atoms with van der Waals surface area (Å²) in [6.45, 7) is 8.60. The Kier molecular flexibility index (Phi) is 5.00. The third-order valence-electron chi connectivity index (χ3n) is 2.72. The van der Waals surface area contributed by atoms with Crippen molar-refractivity contribution in [1.82, 2.24) is 15.1 Å². The molecule has 0 radical (unpaired) electrons. The number of hydrogen-bond acceptors (Lipinski definition) is 2. The third kappa shape index (κ3) is 3.46. The zero-order valence-electron chi connectivity index (χ0n) is 10.8. The maximum absolute atomic E-state index is 12.1. The lowest BCUT2D eigenvalue weighted by atomic mass is 10.1. The third-order valence-corrected chi connectivity index (χ3v) is 3.05. The number of hydrogen-bond donors (Lipinski definition) is 1. The summed E-state index contributed by atoms with van der Waals surface area (Å²) in [5.41, 5.74) is 1.45. The van der Waals surface area contributed by atoms with Crippen LogP contribution < -0.4 is 5.32 Å². The van der Waals surface area contributed by atoms with Gasteiger partial charge in [-0.3, -0.25) is 9.48 Å². The molecule has 0 aliphatic heterocycles. The molecule has 1 N–H and O–H groups in total. The van der Waals surface area contributed by atoms with E-state index in [9.17, 15) is 4.79 Å². The van der Waals surface area contributed by atoms with Crippen LogP contribution >= 0.6 is 11.6 Å². The Morgan fingerprint density at radius 2 is 2.24 bits per heavy atom. The number of halogens is 1. The highest BCUT2D eigenvalue weighted by Crippen LogP contribution is 2.08. The van der Waals surface area contributed by atoms with Crippen molar-refractivity contribution >= 4 is 17.5 Å². The highest BCUT2D eigenvalue weighted by atomic mass is 35.5. The van der Waals surface area contributed by atoms with Gasteiger partial charge in [-0.1, -0.05) is 13.8 Å². The number of nitrogens with one attached hydrogen (secondary N) is 1. The van der Waals surface area contributed by atoms with Crippen molar-refractivity contribution in [3.8, 4) is 0 Å². The molecule has 1 rings (SSSR count). The van der Waals surface area contributed by atoms with E-state index >= 15 is 0 Å². The molecule has 1 aromatic heterocycles. The molecule has 0 aliphatic rings. The van der Waals surface area contributed by atoms with Crippen molar-refractivity contribution in [1.29, 1.82) is 0 Å². The fourth-order valence-electron chi connectivity index (χ4n) is 1.60. The molecule has 5 heteroatoms.